The van der Waals surface area contributed by atoms with Gasteiger partial charge in [0.15, 0.2) is 0 Å². The van der Waals surface area contributed by atoms with Gasteiger partial charge in [0.05, 0.1) is 12.7 Å². The molecule has 0 aromatic heterocycles. The van der Waals surface area contributed by atoms with E-state index in [1.165, 1.54) is 22.7 Å². The maximum atomic E-state index is 11.7. The van der Waals surface area contributed by atoms with Crippen molar-refractivity contribution in [3.63, 3.8) is 0 Å². The topological polar surface area (TPSA) is 49.9 Å². The van der Waals surface area contributed by atoms with Crippen LogP contribution in [0.3, 0.4) is 0 Å². The summed E-state index contributed by atoms with van der Waals surface area (Å²) in [6.07, 6.45) is -0.0431. The van der Waals surface area contributed by atoms with Crippen LogP contribution in [0.15, 0.2) is 0 Å². The predicted molar refractivity (Wildman–Crippen MR) is 57.7 cm³/mol. The number of morpholine rings is 1. The summed E-state index contributed by atoms with van der Waals surface area (Å²) in [4.78, 5) is 0. The lowest BCUT2D eigenvalue weighted by atomic mass is 10.3. The van der Waals surface area contributed by atoms with Gasteiger partial charge in [0.25, 0.3) is 10.2 Å². The normalized spacial score (nSPS) is 25.6. The molecule has 1 aliphatic rings. The Kier molecular flexibility index (Phi) is 4.32. The second kappa shape index (κ2) is 4.89. The second-order valence-electron chi connectivity index (χ2n) is 3.30. The van der Waals surface area contributed by atoms with E-state index in [4.69, 9.17) is 4.74 Å². The molecule has 0 radical (unpaired) electrons. The van der Waals surface area contributed by atoms with Gasteiger partial charge in [-0.15, -0.1) is 0 Å². The summed E-state index contributed by atoms with van der Waals surface area (Å²) >= 11 is 3.28. The molecule has 0 spiro atoms. The molecule has 1 rings (SSSR count). The summed E-state index contributed by atoms with van der Waals surface area (Å²) in [6.45, 7) is 1.32. The lowest BCUT2D eigenvalue weighted by molar-refractivity contribution is 0.0122. The molecule has 0 saturated carbocycles. The predicted octanol–water partition coefficient (Wildman–Crippen LogP) is -0.111. The standard InChI is InChI=1S/C7H15BrN2O3S/c1-9(2)14(11,12)10-3-4-13-7(5-8)6-10/h7H,3-6H2,1-2H3. The first-order chi connectivity index (χ1) is 6.48. The van der Waals surface area contributed by atoms with Gasteiger partial charge in [-0.2, -0.15) is 17.0 Å². The van der Waals surface area contributed by atoms with E-state index >= 15 is 0 Å². The molecule has 0 aromatic rings. The van der Waals surface area contributed by atoms with Crippen molar-refractivity contribution in [1.29, 1.82) is 0 Å². The zero-order valence-electron chi connectivity index (χ0n) is 8.31. The molecular formula is C7H15BrN2O3S. The Hall–Kier alpha value is 0.310. The molecular weight excluding hydrogens is 272 g/mol. The summed E-state index contributed by atoms with van der Waals surface area (Å²) in [5.41, 5.74) is 0. The summed E-state index contributed by atoms with van der Waals surface area (Å²) < 4.78 is 31.5. The number of halogens is 1. The molecule has 0 aliphatic carbocycles. The largest absolute Gasteiger partial charge is 0.375 e. The van der Waals surface area contributed by atoms with E-state index in [1.54, 1.807) is 0 Å². The van der Waals surface area contributed by atoms with E-state index in [9.17, 15) is 8.42 Å². The lowest BCUT2D eigenvalue weighted by Crippen LogP contribution is -2.49. The van der Waals surface area contributed by atoms with Crippen LogP contribution in [0.4, 0.5) is 0 Å². The van der Waals surface area contributed by atoms with Crippen LogP contribution in [0.25, 0.3) is 0 Å². The molecule has 84 valence electrons. The highest BCUT2D eigenvalue weighted by Crippen LogP contribution is 2.12. The van der Waals surface area contributed by atoms with Gasteiger partial charge in [-0.3, -0.25) is 0 Å². The van der Waals surface area contributed by atoms with Crippen molar-refractivity contribution in [2.45, 2.75) is 6.10 Å². The molecule has 0 aromatic carbocycles. The molecule has 5 nitrogen and oxygen atoms in total. The Morgan fingerprint density at radius 3 is 2.71 bits per heavy atom. The van der Waals surface area contributed by atoms with Crippen LogP contribution >= 0.6 is 15.9 Å². The lowest BCUT2D eigenvalue weighted by Gasteiger charge is -2.32. The highest BCUT2D eigenvalue weighted by Gasteiger charge is 2.30. The van der Waals surface area contributed by atoms with Crippen LogP contribution in [0.1, 0.15) is 0 Å². The molecule has 0 amide bonds. The molecule has 0 N–H and O–H groups in total. The maximum Gasteiger partial charge on any atom is 0.281 e. The number of ether oxygens (including phenoxy) is 1. The fourth-order valence-corrected chi connectivity index (χ4v) is 2.74. The SMILES string of the molecule is CN(C)S(=O)(=O)N1CCOC(CBr)C1. The number of hydrogen-bond acceptors (Lipinski definition) is 3. The third-order valence-electron chi connectivity index (χ3n) is 2.06. The van der Waals surface area contributed by atoms with Gasteiger partial charge in [-0.25, -0.2) is 0 Å². The van der Waals surface area contributed by atoms with Crippen molar-refractivity contribution in [1.82, 2.24) is 8.61 Å². The Morgan fingerprint density at radius 2 is 2.21 bits per heavy atom. The highest BCUT2D eigenvalue weighted by molar-refractivity contribution is 9.09. The third-order valence-corrected chi connectivity index (χ3v) is 4.69. The Labute approximate surface area is 93.3 Å². The quantitative estimate of drug-likeness (QED) is 0.681. The molecule has 1 saturated heterocycles. The Morgan fingerprint density at radius 1 is 1.57 bits per heavy atom. The third kappa shape index (κ3) is 2.66. The van der Waals surface area contributed by atoms with Crippen molar-refractivity contribution in [3.05, 3.63) is 0 Å². The summed E-state index contributed by atoms with van der Waals surface area (Å²) in [7, 11) is -0.206. The van der Waals surface area contributed by atoms with E-state index in [1.807, 2.05) is 0 Å². The molecule has 0 bridgehead atoms. The van der Waals surface area contributed by atoms with E-state index in [2.05, 4.69) is 15.9 Å². The molecule has 1 heterocycles. The minimum absolute atomic E-state index is 0.0431. The Balaban J connectivity index is 2.69. The summed E-state index contributed by atoms with van der Waals surface area (Å²) in [5, 5.41) is 0.659. The number of nitrogens with zero attached hydrogens (tertiary/aromatic N) is 2. The molecule has 1 atom stereocenters. The van der Waals surface area contributed by atoms with E-state index < -0.39 is 10.2 Å². The van der Waals surface area contributed by atoms with E-state index in [0.29, 0.717) is 25.0 Å². The number of rotatable bonds is 3. The van der Waals surface area contributed by atoms with Gasteiger partial charge in [0.2, 0.25) is 0 Å². The van der Waals surface area contributed by atoms with Crippen LogP contribution in [0.2, 0.25) is 0 Å². The van der Waals surface area contributed by atoms with Crippen molar-refractivity contribution < 1.29 is 13.2 Å². The van der Waals surface area contributed by atoms with Crippen molar-refractivity contribution in [3.8, 4) is 0 Å². The van der Waals surface area contributed by atoms with Gasteiger partial charge in [0.1, 0.15) is 0 Å². The maximum absolute atomic E-state index is 11.7. The number of alkyl halides is 1. The van der Waals surface area contributed by atoms with Crippen LogP contribution in [0, 0.1) is 0 Å². The molecule has 1 unspecified atom stereocenters. The van der Waals surface area contributed by atoms with Crippen LogP contribution in [0.5, 0.6) is 0 Å². The van der Waals surface area contributed by atoms with Crippen LogP contribution in [-0.4, -0.2) is 62.3 Å². The molecule has 7 heteroatoms. The van der Waals surface area contributed by atoms with Crippen LogP contribution in [-0.2, 0) is 14.9 Å². The number of hydrogen-bond donors (Lipinski definition) is 0. The van der Waals surface area contributed by atoms with E-state index in [-0.39, 0.29) is 6.10 Å². The van der Waals surface area contributed by atoms with Gasteiger partial charge < -0.3 is 4.74 Å². The fourth-order valence-electron chi connectivity index (χ4n) is 1.23. The highest BCUT2D eigenvalue weighted by atomic mass is 79.9. The van der Waals surface area contributed by atoms with Crippen LogP contribution < -0.4 is 0 Å². The minimum atomic E-state index is -3.28. The zero-order chi connectivity index (χ0) is 10.8. The van der Waals surface area contributed by atoms with Crippen molar-refractivity contribution >= 4 is 26.1 Å². The van der Waals surface area contributed by atoms with Gasteiger partial charge in [-0.1, -0.05) is 15.9 Å². The first-order valence-electron chi connectivity index (χ1n) is 4.33. The first kappa shape index (κ1) is 12.4. The van der Waals surface area contributed by atoms with Crippen molar-refractivity contribution in [2.24, 2.45) is 0 Å². The molecule has 14 heavy (non-hydrogen) atoms. The monoisotopic (exact) mass is 286 g/mol. The van der Waals surface area contributed by atoms with Gasteiger partial charge in [0, 0.05) is 32.5 Å². The summed E-state index contributed by atoms with van der Waals surface area (Å²) in [6, 6.07) is 0. The Bertz CT molecular complexity index is 281. The van der Waals surface area contributed by atoms with E-state index in [0.717, 1.165) is 0 Å². The summed E-state index contributed by atoms with van der Waals surface area (Å²) in [5.74, 6) is 0. The second-order valence-corrected chi connectivity index (χ2v) is 6.09. The van der Waals surface area contributed by atoms with Crippen molar-refractivity contribution in [2.75, 3.05) is 39.1 Å². The minimum Gasteiger partial charge on any atom is -0.375 e. The zero-order valence-corrected chi connectivity index (χ0v) is 10.7. The smallest absolute Gasteiger partial charge is 0.281 e. The molecule has 1 fully saturated rings. The van der Waals surface area contributed by atoms with Gasteiger partial charge in [-0.05, 0) is 0 Å². The first-order valence-corrected chi connectivity index (χ1v) is 6.85. The fraction of sp³-hybridized carbons (Fsp3) is 1.00. The molecule has 1 aliphatic heterocycles. The average molecular weight is 287 g/mol. The average Bonchev–Trinajstić information content (AvgIpc) is 2.17. The van der Waals surface area contributed by atoms with Gasteiger partial charge >= 0.3 is 0 Å².